The maximum absolute atomic E-state index is 12.6. The van der Waals surface area contributed by atoms with Gasteiger partial charge in [-0.2, -0.15) is 0 Å². The number of hydrogen-bond acceptors (Lipinski definition) is 2. The van der Waals surface area contributed by atoms with Gasteiger partial charge in [0.15, 0.2) is 0 Å². The minimum atomic E-state index is -5.00. The van der Waals surface area contributed by atoms with Gasteiger partial charge in [-0.3, -0.25) is 4.98 Å². The first-order chi connectivity index (χ1) is 8.97. The Labute approximate surface area is 158 Å². The molecule has 0 spiro atoms. The van der Waals surface area contributed by atoms with Crippen LogP contribution in [0.5, 0.6) is 5.75 Å². The summed E-state index contributed by atoms with van der Waals surface area (Å²) in [6.45, 7) is -2.97. The molecule has 0 N–H and O–H groups in total. The van der Waals surface area contributed by atoms with Crippen LogP contribution in [0.1, 0.15) is 11.3 Å². The van der Waals surface area contributed by atoms with E-state index >= 15 is 0 Å². The number of benzene rings is 1. The number of ether oxygens (including phenoxy) is 1. The normalized spacial score (nSPS) is 10.8. The first-order valence-corrected chi connectivity index (χ1v) is 5.80. The Balaban J connectivity index is 0.00000200. The first kappa shape index (κ1) is 17.7. The van der Waals surface area contributed by atoms with Gasteiger partial charge >= 0.3 is 58.4 Å². The van der Waals surface area contributed by atoms with E-state index in [-0.39, 0.29) is 63.7 Å². The fraction of sp³-hybridized carbons (Fsp3) is 0.154. The molecule has 1 heterocycles. The van der Waals surface area contributed by atoms with E-state index in [1.54, 1.807) is 12.3 Å². The minimum Gasteiger partial charge on any atom is -0.487 e. The molecule has 2 nitrogen and oxygen atoms in total. The molecule has 0 aliphatic carbocycles. The van der Waals surface area contributed by atoms with E-state index in [9.17, 15) is 12.9 Å². The van der Waals surface area contributed by atoms with Crippen molar-refractivity contribution in [1.29, 1.82) is 0 Å². The molecule has 2 aromatic rings. The Morgan fingerprint density at radius 2 is 1.90 bits per heavy atom. The third-order valence-corrected chi connectivity index (χ3v) is 2.73. The van der Waals surface area contributed by atoms with Gasteiger partial charge in [0.25, 0.3) is 0 Å². The molecule has 0 fully saturated rings. The number of hydrogen-bond donors (Lipinski definition) is 0. The van der Waals surface area contributed by atoms with Crippen molar-refractivity contribution in [2.24, 2.45) is 0 Å². The van der Waals surface area contributed by atoms with Crippen LogP contribution in [-0.4, -0.2) is 12.0 Å². The second kappa shape index (κ2) is 7.61. The molecule has 0 aliphatic heterocycles. The Morgan fingerprint density at radius 3 is 2.55 bits per heavy atom. The zero-order chi connectivity index (χ0) is 13.9. The monoisotopic (exact) mass is 305 g/mol. The Hall–Kier alpha value is -0.339. The van der Waals surface area contributed by atoms with Crippen LogP contribution in [0, 0.1) is 6.92 Å². The molecule has 0 atom stereocenters. The van der Waals surface area contributed by atoms with Crippen molar-refractivity contribution in [2.45, 2.75) is 13.5 Å². The van der Waals surface area contributed by atoms with E-state index in [2.05, 4.69) is 4.98 Å². The van der Waals surface area contributed by atoms with Crippen molar-refractivity contribution in [3.05, 3.63) is 53.9 Å². The second-order valence-corrected chi connectivity index (χ2v) is 4.20. The van der Waals surface area contributed by atoms with Crippen LogP contribution in [0.2, 0.25) is 0 Å². The predicted octanol–water partition coefficient (Wildman–Crippen LogP) is 0.0274. The molecular formula is C13H12BF3KNO. The zero-order valence-corrected chi connectivity index (χ0v) is 14.4. The van der Waals surface area contributed by atoms with Crippen LogP contribution >= 0.6 is 0 Å². The number of rotatable bonds is 4. The largest absolute Gasteiger partial charge is 1.00 e. The van der Waals surface area contributed by atoms with Crippen LogP contribution in [-0.2, 0) is 6.61 Å². The van der Waals surface area contributed by atoms with Crippen LogP contribution in [0.4, 0.5) is 12.9 Å². The van der Waals surface area contributed by atoms with E-state index in [4.69, 9.17) is 4.74 Å². The molecule has 2 rings (SSSR count). The summed E-state index contributed by atoms with van der Waals surface area (Å²) >= 11 is 0. The zero-order valence-electron chi connectivity index (χ0n) is 11.3. The molecule has 0 unspecified atom stereocenters. The SMILES string of the molecule is Cc1cccnc1COc1cccc([B-](F)(F)F)c1.[K+]. The summed E-state index contributed by atoms with van der Waals surface area (Å²) in [6, 6.07) is 8.57. The van der Waals surface area contributed by atoms with Gasteiger partial charge in [-0.15, -0.1) is 5.46 Å². The number of nitrogens with zero attached hydrogens (tertiary/aromatic N) is 1. The second-order valence-electron chi connectivity index (χ2n) is 4.20. The van der Waals surface area contributed by atoms with Crippen molar-refractivity contribution >= 4 is 12.4 Å². The molecule has 0 radical (unpaired) electrons. The summed E-state index contributed by atoms with van der Waals surface area (Å²) < 4.78 is 43.1. The van der Waals surface area contributed by atoms with Gasteiger partial charge in [0, 0.05) is 6.20 Å². The van der Waals surface area contributed by atoms with Gasteiger partial charge in [-0.25, -0.2) is 0 Å². The summed E-state index contributed by atoms with van der Waals surface area (Å²) in [4.78, 5) is 4.12. The van der Waals surface area contributed by atoms with Crippen LogP contribution in [0.15, 0.2) is 42.6 Å². The van der Waals surface area contributed by atoms with E-state index < -0.39 is 12.4 Å². The molecule has 0 amide bonds. The van der Waals surface area contributed by atoms with E-state index in [0.717, 1.165) is 17.7 Å². The number of halogens is 3. The maximum atomic E-state index is 12.6. The molecule has 0 saturated heterocycles. The summed E-state index contributed by atoms with van der Waals surface area (Å²) in [5.74, 6) is 0.196. The maximum Gasteiger partial charge on any atom is 1.00 e. The summed E-state index contributed by atoms with van der Waals surface area (Å²) in [5.41, 5.74) is 0.999. The molecule has 7 heteroatoms. The average Bonchev–Trinajstić information content (AvgIpc) is 2.37. The predicted molar refractivity (Wildman–Crippen MR) is 68.5 cm³/mol. The number of pyridine rings is 1. The topological polar surface area (TPSA) is 22.1 Å². The van der Waals surface area contributed by atoms with Crippen molar-refractivity contribution in [3.8, 4) is 5.75 Å². The van der Waals surface area contributed by atoms with E-state index in [1.807, 2.05) is 13.0 Å². The van der Waals surface area contributed by atoms with Crippen molar-refractivity contribution in [1.82, 2.24) is 4.98 Å². The molecule has 0 aliphatic rings. The fourth-order valence-electron chi connectivity index (χ4n) is 1.63. The van der Waals surface area contributed by atoms with Gasteiger partial charge in [-0.1, -0.05) is 18.2 Å². The number of aromatic nitrogens is 1. The van der Waals surface area contributed by atoms with Crippen LogP contribution in [0.3, 0.4) is 0 Å². The standard InChI is InChI=1S/C13H12BF3NO.K/c1-10-4-3-7-18-13(10)9-19-12-6-2-5-11(8-12)14(15,16)17;/h2-8H,9H2,1H3;/q-1;+1. The van der Waals surface area contributed by atoms with E-state index in [1.165, 1.54) is 12.1 Å². The average molecular weight is 305 g/mol. The quantitative estimate of drug-likeness (QED) is 0.744. The molecule has 1 aromatic heterocycles. The number of aryl methyl sites for hydroxylation is 1. The third kappa shape index (κ3) is 4.89. The minimum absolute atomic E-state index is 0. The Morgan fingerprint density at radius 1 is 1.15 bits per heavy atom. The molecule has 0 saturated carbocycles. The molecule has 100 valence electrons. The van der Waals surface area contributed by atoms with Crippen molar-refractivity contribution in [3.63, 3.8) is 0 Å². The fourth-order valence-corrected chi connectivity index (χ4v) is 1.63. The molecule has 20 heavy (non-hydrogen) atoms. The molecule has 1 aromatic carbocycles. The van der Waals surface area contributed by atoms with Crippen LogP contribution < -0.4 is 61.6 Å². The van der Waals surface area contributed by atoms with Crippen molar-refractivity contribution < 1.29 is 69.1 Å². The van der Waals surface area contributed by atoms with Gasteiger partial charge < -0.3 is 17.7 Å². The summed E-state index contributed by atoms with van der Waals surface area (Å²) in [5, 5.41) is 0. The molecule has 0 bridgehead atoms. The first-order valence-electron chi connectivity index (χ1n) is 5.80. The summed E-state index contributed by atoms with van der Waals surface area (Å²) in [7, 11) is 0. The van der Waals surface area contributed by atoms with Gasteiger partial charge in [0.05, 0.1) is 5.69 Å². The summed E-state index contributed by atoms with van der Waals surface area (Å²) in [6.07, 6.45) is 1.63. The Bertz CT molecular complexity index is 578. The smallest absolute Gasteiger partial charge is 0.487 e. The third-order valence-electron chi connectivity index (χ3n) is 2.73. The Kier molecular flexibility index (Phi) is 6.74. The van der Waals surface area contributed by atoms with Gasteiger partial charge in [0.1, 0.15) is 12.4 Å². The van der Waals surface area contributed by atoms with Gasteiger partial charge in [0.2, 0.25) is 0 Å². The van der Waals surface area contributed by atoms with E-state index in [0.29, 0.717) is 5.69 Å². The van der Waals surface area contributed by atoms with Crippen molar-refractivity contribution in [2.75, 3.05) is 0 Å². The van der Waals surface area contributed by atoms with Crippen LogP contribution in [0.25, 0.3) is 0 Å². The van der Waals surface area contributed by atoms with Gasteiger partial charge in [-0.05, 0) is 30.7 Å². The molecular weight excluding hydrogens is 293 g/mol.